The van der Waals surface area contributed by atoms with Crippen LogP contribution in [0.4, 0.5) is 0 Å². The molecule has 1 aromatic heterocycles. The minimum atomic E-state index is 0. The van der Waals surface area contributed by atoms with Crippen molar-refractivity contribution in [3.05, 3.63) is 12.2 Å². The normalized spacial score (nSPS) is 20.7. The predicted octanol–water partition coefficient (Wildman–Crippen LogP) is 1.38. The van der Waals surface area contributed by atoms with E-state index in [9.17, 15) is 0 Å². The smallest absolute Gasteiger partial charge is 0.191 e. The van der Waals surface area contributed by atoms with E-state index in [0.717, 1.165) is 51.2 Å². The van der Waals surface area contributed by atoms with Gasteiger partial charge in [0.15, 0.2) is 5.96 Å². The van der Waals surface area contributed by atoms with Gasteiger partial charge in [0.05, 0.1) is 19.8 Å². The molecular weight excluding hydrogens is 457 g/mol. The maximum absolute atomic E-state index is 5.51. The van der Waals surface area contributed by atoms with Crippen LogP contribution >= 0.6 is 24.0 Å². The molecule has 2 heterocycles. The average molecular weight is 491 g/mol. The molecule has 2 fully saturated rings. The zero-order valence-corrected chi connectivity index (χ0v) is 18.9. The lowest BCUT2D eigenvalue weighted by molar-refractivity contribution is 0.00820. The zero-order valence-electron chi connectivity index (χ0n) is 16.6. The third kappa shape index (κ3) is 6.56. The van der Waals surface area contributed by atoms with Crippen LogP contribution in [0.25, 0.3) is 0 Å². The van der Waals surface area contributed by atoms with Crippen molar-refractivity contribution >= 4 is 29.9 Å². The van der Waals surface area contributed by atoms with Gasteiger partial charge in [-0.15, -0.1) is 24.0 Å². The molecule has 1 aliphatic carbocycles. The third-order valence-corrected chi connectivity index (χ3v) is 5.65. The number of nitrogens with one attached hydrogen (secondary N) is 2. The van der Waals surface area contributed by atoms with E-state index in [1.807, 2.05) is 14.1 Å². The molecule has 2 aliphatic rings. The summed E-state index contributed by atoms with van der Waals surface area (Å²) < 4.78 is 7.29. The summed E-state index contributed by atoms with van der Waals surface area (Å²) in [6.07, 6.45) is 8.18. The van der Waals surface area contributed by atoms with Gasteiger partial charge in [0.1, 0.15) is 12.2 Å². The molecule has 2 N–H and O–H groups in total. The first-order chi connectivity index (χ1) is 12.7. The van der Waals surface area contributed by atoms with E-state index in [1.165, 1.54) is 32.1 Å². The van der Waals surface area contributed by atoms with Crippen LogP contribution in [0, 0.1) is 5.41 Å². The molecule has 3 rings (SSSR count). The third-order valence-electron chi connectivity index (χ3n) is 5.65. The van der Waals surface area contributed by atoms with Gasteiger partial charge in [-0.2, -0.15) is 5.10 Å². The summed E-state index contributed by atoms with van der Waals surface area (Å²) in [6, 6.07) is 0. The Kier molecular flexibility index (Phi) is 9.24. The first-order valence-electron chi connectivity index (χ1n) is 9.78. The van der Waals surface area contributed by atoms with Crippen LogP contribution in [0.1, 0.15) is 37.9 Å². The van der Waals surface area contributed by atoms with Crippen LogP contribution in [0.2, 0.25) is 0 Å². The maximum Gasteiger partial charge on any atom is 0.191 e. The Balaban J connectivity index is 0.00000261. The van der Waals surface area contributed by atoms with Crippen LogP contribution in [0.3, 0.4) is 0 Å². The highest BCUT2D eigenvalue weighted by Gasteiger charge is 2.34. The molecule has 1 saturated heterocycles. The molecule has 0 aromatic carbocycles. The fourth-order valence-electron chi connectivity index (χ4n) is 4.06. The fraction of sp³-hybridized carbons (Fsp3) is 0.833. The van der Waals surface area contributed by atoms with Crippen LogP contribution < -0.4 is 10.6 Å². The number of aliphatic imine (C=N–C) groups is 1. The van der Waals surface area contributed by atoms with Crippen molar-refractivity contribution in [3.8, 4) is 0 Å². The molecule has 1 aromatic rings. The van der Waals surface area contributed by atoms with E-state index in [0.29, 0.717) is 12.0 Å². The number of morpholine rings is 1. The maximum atomic E-state index is 5.51. The largest absolute Gasteiger partial charge is 0.379 e. The lowest BCUT2D eigenvalue weighted by Gasteiger charge is -2.42. The number of hydrogen-bond acceptors (Lipinski definition) is 5. The minimum Gasteiger partial charge on any atom is -0.379 e. The van der Waals surface area contributed by atoms with Crippen LogP contribution in [-0.2, 0) is 18.3 Å². The first-order valence-corrected chi connectivity index (χ1v) is 9.78. The molecule has 1 saturated carbocycles. The molecule has 0 unspecified atom stereocenters. The number of halogens is 1. The van der Waals surface area contributed by atoms with Crippen molar-refractivity contribution in [3.63, 3.8) is 0 Å². The topological polar surface area (TPSA) is 79.6 Å². The van der Waals surface area contributed by atoms with Crippen LogP contribution in [-0.4, -0.2) is 72.1 Å². The second-order valence-corrected chi connectivity index (χ2v) is 7.53. The SMILES string of the molecule is CN=C(NCc1ncnn1C)NCC1(CN2CCOCC2)CCCCC1.I. The molecule has 154 valence electrons. The highest BCUT2D eigenvalue weighted by molar-refractivity contribution is 14.0. The van der Waals surface area contributed by atoms with Crippen molar-refractivity contribution in [1.82, 2.24) is 30.3 Å². The Bertz CT molecular complexity index is 580. The van der Waals surface area contributed by atoms with E-state index < -0.39 is 0 Å². The lowest BCUT2D eigenvalue weighted by atomic mass is 9.73. The van der Waals surface area contributed by atoms with Crippen LogP contribution in [0.5, 0.6) is 0 Å². The summed E-state index contributed by atoms with van der Waals surface area (Å²) in [7, 11) is 3.72. The zero-order chi connectivity index (χ0) is 18.2. The summed E-state index contributed by atoms with van der Waals surface area (Å²) in [6.45, 7) is 6.58. The number of nitrogens with zero attached hydrogens (tertiary/aromatic N) is 5. The summed E-state index contributed by atoms with van der Waals surface area (Å²) in [5, 5.41) is 11.0. The number of rotatable bonds is 6. The number of aromatic nitrogens is 3. The van der Waals surface area contributed by atoms with Crippen molar-refractivity contribution in [1.29, 1.82) is 0 Å². The van der Waals surface area contributed by atoms with Crippen molar-refractivity contribution in [2.24, 2.45) is 17.5 Å². The standard InChI is InChI=1S/C18H33N7O.HI/c1-19-17(20-12-16-22-15-23-24(16)2)21-13-18(6-4-3-5-7-18)14-25-8-10-26-11-9-25;/h15H,3-14H2,1-2H3,(H2,19,20,21);1H. The molecule has 0 atom stereocenters. The molecule has 0 spiro atoms. The van der Waals surface area contributed by atoms with E-state index in [4.69, 9.17) is 4.74 Å². The quantitative estimate of drug-likeness (QED) is 0.356. The number of aryl methyl sites for hydroxylation is 1. The molecule has 27 heavy (non-hydrogen) atoms. The van der Waals surface area contributed by atoms with Gasteiger partial charge in [-0.3, -0.25) is 14.6 Å². The fourth-order valence-corrected chi connectivity index (χ4v) is 4.06. The summed E-state index contributed by atoms with van der Waals surface area (Å²) in [5.41, 5.74) is 0.331. The number of ether oxygens (including phenoxy) is 1. The minimum absolute atomic E-state index is 0. The second kappa shape index (κ2) is 11.2. The van der Waals surface area contributed by atoms with Gasteiger partial charge in [-0.1, -0.05) is 19.3 Å². The average Bonchev–Trinajstić information content (AvgIpc) is 3.08. The summed E-state index contributed by atoms with van der Waals surface area (Å²) in [5.74, 6) is 1.73. The number of guanidine groups is 1. The summed E-state index contributed by atoms with van der Waals surface area (Å²) in [4.78, 5) is 11.2. The molecule has 0 amide bonds. The van der Waals surface area contributed by atoms with Gasteiger partial charge in [0.2, 0.25) is 0 Å². The van der Waals surface area contributed by atoms with Gasteiger partial charge in [-0.05, 0) is 12.8 Å². The van der Waals surface area contributed by atoms with Crippen molar-refractivity contribution in [2.45, 2.75) is 38.6 Å². The predicted molar refractivity (Wildman–Crippen MR) is 117 cm³/mol. The summed E-state index contributed by atoms with van der Waals surface area (Å²) >= 11 is 0. The van der Waals surface area contributed by atoms with Gasteiger partial charge < -0.3 is 15.4 Å². The molecule has 9 heteroatoms. The van der Waals surface area contributed by atoms with Crippen LogP contribution in [0.15, 0.2) is 11.3 Å². The van der Waals surface area contributed by atoms with Crippen molar-refractivity contribution < 1.29 is 4.74 Å². The highest BCUT2D eigenvalue weighted by Crippen LogP contribution is 2.36. The van der Waals surface area contributed by atoms with Gasteiger partial charge >= 0.3 is 0 Å². The van der Waals surface area contributed by atoms with E-state index in [-0.39, 0.29) is 24.0 Å². The Morgan fingerprint density at radius 2 is 1.96 bits per heavy atom. The van der Waals surface area contributed by atoms with E-state index in [1.54, 1.807) is 11.0 Å². The molecular formula is C18H34IN7O. The highest BCUT2D eigenvalue weighted by atomic mass is 127. The lowest BCUT2D eigenvalue weighted by Crippen LogP contribution is -2.51. The second-order valence-electron chi connectivity index (χ2n) is 7.53. The van der Waals surface area contributed by atoms with Gasteiger partial charge in [0.25, 0.3) is 0 Å². The van der Waals surface area contributed by atoms with Gasteiger partial charge in [0, 0.05) is 45.7 Å². The molecule has 0 bridgehead atoms. The Labute approximate surface area is 179 Å². The molecule has 1 aliphatic heterocycles. The Morgan fingerprint density at radius 1 is 1.22 bits per heavy atom. The Morgan fingerprint density at radius 3 is 2.59 bits per heavy atom. The van der Waals surface area contributed by atoms with E-state index >= 15 is 0 Å². The number of hydrogen-bond donors (Lipinski definition) is 2. The molecule has 8 nitrogen and oxygen atoms in total. The monoisotopic (exact) mass is 491 g/mol. The molecule has 0 radical (unpaired) electrons. The first kappa shape index (κ1) is 22.4. The van der Waals surface area contributed by atoms with Crippen molar-refractivity contribution in [2.75, 3.05) is 46.4 Å². The Hall–Kier alpha value is -0.940. The van der Waals surface area contributed by atoms with Gasteiger partial charge in [-0.25, -0.2) is 4.98 Å². The van der Waals surface area contributed by atoms with E-state index in [2.05, 4.69) is 30.6 Å².